The van der Waals surface area contributed by atoms with Crippen molar-refractivity contribution < 1.29 is 4.39 Å². The highest BCUT2D eigenvalue weighted by Gasteiger charge is 2.26. The fraction of sp³-hybridized carbons (Fsp3) is 0.235. The summed E-state index contributed by atoms with van der Waals surface area (Å²) in [6.07, 6.45) is 0.916. The number of nitrogens with zero attached hydrogens (tertiary/aromatic N) is 4. The van der Waals surface area contributed by atoms with E-state index >= 15 is 0 Å². The van der Waals surface area contributed by atoms with Crippen LogP contribution in [0.2, 0.25) is 5.02 Å². The van der Waals surface area contributed by atoms with Crippen molar-refractivity contribution in [3.63, 3.8) is 0 Å². The maximum absolute atomic E-state index is 13.9. The van der Waals surface area contributed by atoms with Crippen LogP contribution in [0, 0.1) is 33.5 Å². The van der Waals surface area contributed by atoms with Gasteiger partial charge >= 0.3 is 0 Å². The maximum Gasteiger partial charge on any atom is 0.138 e. The molecule has 40 heavy (non-hydrogen) atoms. The van der Waals surface area contributed by atoms with Crippen molar-refractivity contribution >= 4 is 34.6 Å². The molecule has 0 atom stereocenters. The highest BCUT2D eigenvalue weighted by molar-refractivity contribution is 6.33. The molecule has 4 aromatic rings. The predicted molar refractivity (Wildman–Crippen MR) is 165 cm³/mol. The molecule has 0 unspecified atom stereocenters. The lowest BCUT2D eigenvalue weighted by Crippen LogP contribution is -2.50. The molecule has 1 saturated heterocycles. The van der Waals surface area contributed by atoms with Gasteiger partial charge in [-0.2, -0.15) is 0 Å². The Bertz CT molecular complexity index is 1520. The van der Waals surface area contributed by atoms with Crippen LogP contribution in [0.5, 0.6) is 0 Å². The van der Waals surface area contributed by atoms with E-state index in [0.29, 0.717) is 11.7 Å². The lowest BCUT2D eigenvalue weighted by atomic mass is 10.1. The Kier molecular flexibility index (Phi) is 8.32. The van der Waals surface area contributed by atoms with Gasteiger partial charge in [0, 0.05) is 24.2 Å². The van der Waals surface area contributed by atoms with Crippen molar-refractivity contribution in [2.45, 2.75) is 34.1 Å². The van der Waals surface area contributed by atoms with E-state index in [1.165, 1.54) is 12.1 Å². The number of rotatable bonds is 4. The van der Waals surface area contributed by atoms with Crippen LogP contribution >= 0.6 is 11.6 Å². The summed E-state index contributed by atoms with van der Waals surface area (Å²) in [4.78, 5) is 14.9. The van der Waals surface area contributed by atoms with Crippen LogP contribution in [0.15, 0.2) is 94.9 Å². The van der Waals surface area contributed by atoms with Crippen LogP contribution in [0.3, 0.4) is 0 Å². The van der Waals surface area contributed by atoms with E-state index in [-0.39, 0.29) is 5.82 Å². The molecular weight excluding hydrogens is 519 g/mol. The molecule has 4 aromatic carbocycles. The third-order valence-corrected chi connectivity index (χ3v) is 7.49. The summed E-state index contributed by atoms with van der Waals surface area (Å²) in [6, 6.07) is 27.1. The SMILES string of the molecule is Cc1cc(C)c(N=C(c2ccc(F)cc2)N2CCCN(C(=Nc3c(C)cccc3C)c3ccccc3)C2)c(Cl)c1. The fourth-order valence-corrected chi connectivity index (χ4v) is 5.57. The van der Waals surface area contributed by atoms with Gasteiger partial charge in [-0.1, -0.05) is 66.2 Å². The van der Waals surface area contributed by atoms with Gasteiger partial charge in [-0.3, -0.25) is 0 Å². The maximum atomic E-state index is 13.9. The topological polar surface area (TPSA) is 31.2 Å². The second kappa shape index (κ2) is 12.1. The van der Waals surface area contributed by atoms with Gasteiger partial charge in [-0.15, -0.1) is 0 Å². The zero-order valence-corrected chi connectivity index (χ0v) is 24.2. The second-order valence-corrected chi connectivity index (χ2v) is 10.8. The second-order valence-electron chi connectivity index (χ2n) is 10.4. The molecule has 0 N–H and O–H groups in total. The first-order chi connectivity index (χ1) is 19.3. The van der Waals surface area contributed by atoms with E-state index in [1.54, 1.807) is 12.1 Å². The number of halogens is 2. The van der Waals surface area contributed by atoms with E-state index in [0.717, 1.165) is 75.9 Å². The summed E-state index contributed by atoms with van der Waals surface area (Å²) >= 11 is 6.69. The summed E-state index contributed by atoms with van der Waals surface area (Å²) in [7, 11) is 0. The molecule has 1 fully saturated rings. The van der Waals surface area contributed by atoms with Gasteiger partial charge in [-0.05, 0) is 86.7 Å². The van der Waals surface area contributed by atoms with E-state index in [2.05, 4.69) is 60.0 Å². The van der Waals surface area contributed by atoms with Gasteiger partial charge in [0.05, 0.1) is 23.1 Å². The zero-order chi connectivity index (χ0) is 28.2. The Hall–Kier alpha value is -3.96. The van der Waals surface area contributed by atoms with Crippen LogP contribution in [0.1, 0.15) is 39.8 Å². The molecule has 0 saturated carbocycles. The number of hydrogen-bond donors (Lipinski definition) is 0. The molecule has 0 spiro atoms. The Morgan fingerprint density at radius 1 is 0.675 bits per heavy atom. The average molecular weight is 553 g/mol. The predicted octanol–water partition coefficient (Wildman–Crippen LogP) is 8.53. The number of amidine groups is 2. The highest BCUT2D eigenvalue weighted by atomic mass is 35.5. The largest absolute Gasteiger partial charge is 0.338 e. The standard InChI is InChI=1S/C34H34ClFN4/c1-23-20-26(4)32(30(35)21-23)38-34(28-14-16-29(36)17-15-28)40-19-9-18-39(22-40)33(27-12-6-5-7-13-27)37-31-24(2)10-8-11-25(31)3/h5-8,10-17,20-21H,9,18-19,22H2,1-4H3. The Balaban J connectivity index is 1.59. The molecule has 1 aliphatic rings. The minimum absolute atomic E-state index is 0.278. The van der Waals surface area contributed by atoms with Crippen LogP contribution < -0.4 is 0 Å². The third-order valence-electron chi connectivity index (χ3n) is 7.20. The van der Waals surface area contributed by atoms with Gasteiger partial charge in [0.15, 0.2) is 0 Å². The lowest BCUT2D eigenvalue weighted by Gasteiger charge is -2.39. The zero-order valence-electron chi connectivity index (χ0n) is 23.5. The van der Waals surface area contributed by atoms with Crippen LogP contribution in [0.25, 0.3) is 0 Å². The monoisotopic (exact) mass is 552 g/mol. The third kappa shape index (κ3) is 6.10. The Morgan fingerprint density at radius 2 is 1.25 bits per heavy atom. The van der Waals surface area contributed by atoms with Crippen LogP contribution in [0.4, 0.5) is 15.8 Å². The molecule has 0 radical (unpaired) electrons. The van der Waals surface area contributed by atoms with Gasteiger partial charge < -0.3 is 9.80 Å². The minimum Gasteiger partial charge on any atom is -0.338 e. The molecule has 4 nitrogen and oxygen atoms in total. The molecule has 0 amide bonds. The first-order valence-electron chi connectivity index (χ1n) is 13.6. The first-order valence-corrected chi connectivity index (χ1v) is 14.0. The Labute approximate surface area is 241 Å². The molecular formula is C34H34ClFN4. The lowest BCUT2D eigenvalue weighted by molar-refractivity contribution is 0.214. The number of aryl methyl sites for hydroxylation is 4. The van der Waals surface area contributed by atoms with Crippen LogP contribution in [-0.4, -0.2) is 41.2 Å². The van der Waals surface area contributed by atoms with Crippen molar-refractivity contribution in [3.8, 4) is 0 Å². The van der Waals surface area contributed by atoms with E-state index in [4.69, 9.17) is 21.6 Å². The minimum atomic E-state index is -0.278. The summed E-state index contributed by atoms with van der Waals surface area (Å²) in [5, 5.41) is 0.604. The van der Waals surface area contributed by atoms with E-state index < -0.39 is 0 Å². The van der Waals surface area contributed by atoms with Crippen molar-refractivity contribution in [1.29, 1.82) is 0 Å². The van der Waals surface area contributed by atoms with Crippen molar-refractivity contribution in [2.24, 2.45) is 9.98 Å². The van der Waals surface area contributed by atoms with Gasteiger partial charge in [0.1, 0.15) is 17.5 Å². The number of aliphatic imine (C=N–C) groups is 2. The molecule has 6 heteroatoms. The number of benzene rings is 4. The Morgan fingerprint density at radius 3 is 1.85 bits per heavy atom. The quantitative estimate of drug-likeness (QED) is 0.188. The number of para-hydroxylation sites is 1. The highest BCUT2D eigenvalue weighted by Crippen LogP contribution is 2.32. The molecule has 0 aromatic heterocycles. The van der Waals surface area contributed by atoms with Crippen LogP contribution in [-0.2, 0) is 0 Å². The first kappa shape index (κ1) is 27.6. The molecule has 0 bridgehead atoms. The normalized spacial score (nSPS) is 14.6. The molecule has 204 valence electrons. The summed E-state index contributed by atoms with van der Waals surface area (Å²) < 4.78 is 13.9. The fourth-order valence-electron chi connectivity index (χ4n) is 5.21. The van der Waals surface area contributed by atoms with Gasteiger partial charge in [-0.25, -0.2) is 14.4 Å². The number of hydrogen-bond acceptors (Lipinski definition) is 2. The van der Waals surface area contributed by atoms with Crippen molar-refractivity contribution in [1.82, 2.24) is 9.80 Å². The smallest absolute Gasteiger partial charge is 0.138 e. The van der Waals surface area contributed by atoms with Crippen molar-refractivity contribution in [2.75, 3.05) is 19.8 Å². The molecule has 1 heterocycles. The van der Waals surface area contributed by atoms with E-state index in [9.17, 15) is 4.39 Å². The van der Waals surface area contributed by atoms with Gasteiger partial charge in [0.2, 0.25) is 0 Å². The molecule has 5 rings (SSSR count). The molecule has 0 aliphatic carbocycles. The van der Waals surface area contributed by atoms with E-state index in [1.807, 2.05) is 38.1 Å². The van der Waals surface area contributed by atoms with Gasteiger partial charge in [0.25, 0.3) is 0 Å². The van der Waals surface area contributed by atoms with Crippen molar-refractivity contribution in [3.05, 3.63) is 129 Å². The summed E-state index contributed by atoms with van der Waals surface area (Å²) in [5.74, 6) is 1.41. The molecule has 1 aliphatic heterocycles. The summed E-state index contributed by atoms with van der Waals surface area (Å²) in [6.45, 7) is 10.5. The summed E-state index contributed by atoms with van der Waals surface area (Å²) in [5.41, 5.74) is 7.99. The average Bonchev–Trinajstić information content (AvgIpc) is 2.94.